The van der Waals surface area contributed by atoms with Crippen molar-refractivity contribution in [3.63, 3.8) is 0 Å². The maximum atomic E-state index is 5.64. The van der Waals surface area contributed by atoms with Crippen LogP contribution in [0, 0.1) is 0 Å². The second kappa shape index (κ2) is 6.11. The van der Waals surface area contributed by atoms with Gasteiger partial charge in [0.15, 0.2) is 0 Å². The number of rotatable bonds is 5. The lowest BCUT2D eigenvalue weighted by Crippen LogP contribution is -2.12. The summed E-state index contributed by atoms with van der Waals surface area (Å²) >= 11 is 5.64. The molecule has 0 unspecified atom stereocenters. The number of hydrogen-bond acceptors (Lipinski definition) is 1. The molecule has 1 rings (SSSR count). The molecule has 0 N–H and O–H groups in total. The van der Waals surface area contributed by atoms with Gasteiger partial charge < -0.3 is 4.74 Å². The third-order valence-electron chi connectivity index (χ3n) is 2.63. The smallest absolute Gasteiger partial charge is 0.122 e. The Bertz CT molecular complexity index is 377. The molecular weight excluding hydrogens is 232 g/mol. The van der Waals surface area contributed by atoms with Crippen molar-refractivity contribution in [2.75, 3.05) is 12.5 Å². The summed E-state index contributed by atoms with van der Waals surface area (Å²) in [6.07, 6.45) is 2.72. The summed E-state index contributed by atoms with van der Waals surface area (Å²) < 4.78 is 5.63. The van der Waals surface area contributed by atoms with E-state index < -0.39 is 0 Å². The molecule has 0 radical (unpaired) electrons. The standard InChI is InChI=1S/C15H21ClO/c1-5-6-12-11-13(15(2,3)4)7-8-14(12)17-10-9-16/h5,7-8,11H,1,6,9-10H2,2-4H3. The van der Waals surface area contributed by atoms with Crippen molar-refractivity contribution in [2.24, 2.45) is 0 Å². The first-order chi connectivity index (χ1) is 7.99. The van der Waals surface area contributed by atoms with Crippen molar-refractivity contribution in [3.8, 4) is 5.75 Å². The fourth-order valence-electron chi connectivity index (χ4n) is 1.65. The number of halogens is 1. The van der Waals surface area contributed by atoms with E-state index in [0.717, 1.165) is 12.2 Å². The van der Waals surface area contributed by atoms with Gasteiger partial charge in [0.1, 0.15) is 12.4 Å². The van der Waals surface area contributed by atoms with Crippen molar-refractivity contribution in [2.45, 2.75) is 32.6 Å². The molecular formula is C15H21ClO. The highest BCUT2D eigenvalue weighted by molar-refractivity contribution is 6.18. The first-order valence-corrected chi connectivity index (χ1v) is 6.45. The van der Waals surface area contributed by atoms with Crippen molar-refractivity contribution in [3.05, 3.63) is 42.0 Å². The zero-order chi connectivity index (χ0) is 12.9. The van der Waals surface area contributed by atoms with E-state index in [9.17, 15) is 0 Å². The van der Waals surface area contributed by atoms with Crippen LogP contribution in [0.3, 0.4) is 0 Å². The Morgan fingerprint density at radius 3 is 2.59 bits per heavy atom. The molecule has 0 heterocycles. The summed E-state index contributed by atoms with van der Waals surface area (Å²) in [7, 11) is 0. The Labute approximate surface area is 109 Å². The Hall–Kier alpha value is -0.950. The molecule has 0 bridgehead atoms. The zero-order valence-electron chi connectivity index (χ0n) is 10.9. The summed E-state index contributed by atoms with van der Waals surface area (Å²) in [6, 6.07) is 6.35. The fourth-order valence-corrected chi connectivity index (χ4v) is 1.73. The Morgan fingerprint density at radius 2 is 2.06 bits per heavy atom. The van der Waals surface area contributed by atoms with E-state index in [-0.39, 0.29) is 5.41 Å². The molecule has 1 nitrogen and oxygen atoms in total. The van der Waals surface area contributed by atoms with E-state index in [1.54, 1.807) is 0 Å². The van der Waals surface area contributed by atoms with E-state index >= 15 is 0 Å². The third-order valence-corrected chi connectivity index (χ3v) is 2.78. The van der Waals surface area contributed by atoms with Gasteiger partial charge in [0.05, 0.1) is 5.88 Å². The highest BCUT2D eigenvalue weighted by Crippen LogP contribution is 2.28. The molecule has 0 amide bonds. The van der Waals surface area contributed by atoms with Crippen LogP contribution in [0.2, 0.25) is 0 Å². The molecule has 0 aliphatic carbocycles. The number of allylic oxidation sites excluding steroid dienone is 1. The van der Waals surface area contributed by atoms with Crippen LogP contribution in [-0.4, -0.2) is 12.5 Å². The van der Waals surface area contributed by atoms with E-state index in [1.807, 2.05) is 12.1 Å². The maximum Gasteiger partial charge on any atom is 0.122 e. The van der Waals surface area contributed by atoms with Crippen LogP contribution in [0.1, 0.15) is 31.9 Å². The van der Waals surface area contributed by atoms with Gasteiger partial charge in [0, 0.05) is 0 Å². The van der Waals surface area contributed by atoms with Crippen molar-refractivity contribution < 1.29 is 4.74 Å². The van der Waals surface area contributed by atoms with Crippen LogP contribution in [0.4, 0.5) is 0 Å². The van der Waals surface area contributed by atoms with Crippen LogP contribution in [0.5, 0.6) is 5.75 Å². The average Bonchev–Trinajstić information content (AvgIpc) is 2.26. The molecule has 0 aliphatic rings. The average molecular weight is 253 g/mol. The molecule has 1 aromatic carbocycles. The van der Waals surface area contributed by atoms with Gasteiger partial charge in [-0.25, -0.2) is 0 Å². The van der Waals surface area contributed by atoms with Crippen LogP contribution in [0.25, 0.3) is 0 Å². The summed E-state index contributed by atoms with van der Waals surface area (Å²) in [6.45, 7) is 11.0. The normalized spacial score (nSPS) is 11.3. The first-order valence-electron chi connectivity index (χ1n) is 5.92. The predicted molar refractivity (Wildman–Crippen MR) is 75.3 cm³/mol. The SMILES string of the molecule is C=CCc1cc(C(C)(C)C)ccc1OCCCl. The lowest BCUT2D eigenvalue weighted by Gasteiger charge is -2.21. The third kappa shape index (κ3) is 4.08. The summed E-state index contributed by atoms with van der Waals surface area (Å²) in [5.74, 6) is 1.42. The fraction of sp³-hybridized carbons (Fsp3) is 0.467. The number of hydrogen-bond donors (Lipinski definition) is 0. The van der Waals surface area contributed by atoms with Gasteiger partial charge in [-0.05, 0) is 29.0 Å². The van der Waals surface area contributed by atoms with Crippen LogP contribution in [-0.2, 0) is 11.8 Å². The van der Waals surface area contributed by atoms with Gasteiger partial charge in [-0.1, -0.05) is 39.0 Å². The van der Waals surface area contributed by atoms with E-state index in [1.165, 1.54) is 11.1 Å². The predicted octanol–water partition coefficient (Wildman–Crippen LogP) is 4.33. The Balaban J connectivity index is 3.03. The molecule has 0 fully saturated rings. The topological polar surface area (TPSA) is 9.23 Å². The summed E-state index contributed by atoms with van der Waals surface area (Å²) in [5, 5.41) is 0. The minimum atomic E-state index is 0.154. The van der Waals surface area contributed by atoms with Gasteiger partial charge in [-0.3, -0.25) is 0 Å². The molecule has 94 valence electrons. The van der Waals surface area contributed by atoms with E-state index in [0.29, 0.717) is 12.5 Å². The van der Waals surface area contributed by atoms with Crippen molar-refractivity contribution in [1.82, 2.24) is 0 Å². The zero-order valence-corrected chi connectivity index (χ0v) is 11.7. The van der Waals surface area contributed by atoms with Crippen molar-refractivity contribution in [1.29, 1.82) is 0 Å². The molecule has 0 spiro atoms. The molecule has 17 heavy (non-hydrogen) atoms. The highest BCUT2D eigenvalue weighted by Gasteiger charge is 2.15. The largest absolute Gasteiger partial charge is 0.492 e. The van der Waals surface area contributed by atoms with Crippen molar-refractivity contribution >= 4 is 11.6 Å². The molecule has 1 aromatic rings. The molecule has 0 aromatic heterocycles. The minimum Gasteiger partial charge on any atom is -0.492 e. The van der Waals surface area contributed by atoms with Gasteiger partial charge in [0.25, 0.3) is 0 Å². The molecule has 0 aliphatic heterocycles. The summed E-state index contributed by atoms with van der Waals surface area (Å²) in [5.41, 5.74) is 2.64. The monoisotopic (exact) mass is 252 g/mol. The van der Waals surface area contributed by atoms with Gasteiger partial charge in [-0.2, -0.15) is 0 Å². The Kier molecular flexibility index (Phi) is 5.07. The van der Waals surface area contributed by atoms with Crippen LogP contribution < -0.4 is 4.74 Å². The Morgan fingerprint density at radius 1 is 1.35 bits per heavy atom. The number of ether oxygens (including phenoxy) is 1. The number of alkyl halides is 1. The quantitative estimate of drug-likeness (QED) is 0.560. The first kappa shape index (κ1) is 14.1. The van der Waals surface area contributed by atoms with Crippen LogP contribution in [0.15, 0.2) is 30.9 Å². The molecule has 2 heteroatoms. The molecule has 0 saturated heterocycles. The van der Waals surface area contributed by atoms with E-state index in [2.05, 4.69) is 39.5 Å². The number of benzene rings is 1. The van der Waals surface area contributed by atoms with Crippen LogP contribution >= 0.6 is 11.6 Å². The lowest BCUT2D eigenvalue weighted by molar-refractivity contribution is 0.339. The molecule has 0 saturated carbocycles. The lowest BCUT2D eigenvalue weighted by atomic mass is 9.85. The van der Waals surface area contributed by atoms with E-state index in [4.69, 9.17) is 16.3 Å². The van der Waals surface area contributed by atoms with Gasteiger partial charge >= 0.3 is 0 Å². The molecule has 0 atom stereocenters. The van der Waals surface area contributed by atoms with Gasteiger partial charge in [-0.15, -0.1) is 18.2 Å². The second-order valence-corrected chi connectivity index (χ2v) is 5.48. The minimum absolute atomic E-state index is 0.154. The maximum absolute atomic E-state index is 5.64. The second-order valence-electron chi connectivity index (χ2n) is 5.10. The summed E-state index contributed by atoms with van der Waals surface area (Å²) in [4.78, 5) is 0. The van der Waals surface area contributed by atoms with Gasteiger partial charge in [0.2, 0.25) is 0 Å². The highest BCUT2D eigenvalue weighted by atomic mass is 35.5.